The third kappa shape index (κ3) is 25.5. The summed E-state index contributed by atoms with van der Waals surface area (Å²) in [5, 5.41) is -0.279. The van der Waals surface area contributed by atoms with Crippen molar-refractivity contribution in [2.75, 3.05) is 13.2 Å². The molecular weight excluding hydrogens is 2020 g/mol. The number of hydrogen-bond acceptors (Lipinski definition) is 19. The first-order valence-electron chi connectivity index (χ1n) is 56.6. The fourth-order valence-electron chi connectivity index (χ4n) is 26.9. The molecule has 30 heteroatoms. The van der Waals surface area contributed by atoms with Crippen LogP contribution in [0.15, 0.2) is 42.0 Å². The number of esters is 1. The van der Waals surface area contributed by atoms with E-state index >= 15 is 14.4 Å². The average Bonchev–Trinajstić information content (AvgIpc) is 0.670. The van der Waals surface area contributed by atoms with Crippen LogP contribution in [0, 0.1) is 44.3 Å². The summed E-state index contributed by atoms with van der Waals surface area (Å²) < 4.78 is 130. The number of benzene rings is 1. The minimum Gasteiger partial charge on any atom is -0.459 e. The molecule has 138 heavy (non-hydrogen) atoms. The predicted molar refractivity (Wildman–Crippen MR) is 599 cm³/mol. The fraction of sp³-hybridized carbons (Fsp3) is 0.898. The molecule has 24 atom stereocenters. The molecule has 0 bridgehead atoms. The summed E-state index contributed by atoms with van der Waals surface area (Å²) in [6.07, 6.45) is -6.21. The molecule has 0 radical (unpaired) electrons. The van der Waals surface area contributed by atoms with Crippen LogP contribution >= 0.6 is 34.2 Å². The maximum Gasteiger partial charge on any atom is 0.338 e. The van der Waals surface area contributed by atoms with E-state index in [1.165, 1.54) is 11.9 Å². The van der Waals surface area contributed by atoms with E-state index in [0.717, 1.165) is 176 Å². The van der Waals surface area contributed by atoms with Gasteiger partial charge in [0.25, 0.3) is 0 Å². The normalized spacial score (nSPS) is 32.8. The van der Waals surface area contributed by atoms with Crippen LogP contribution in [0.2, 0.25) is 163 Å². The van der Waals surface area contributed by atoms with E-state index < -0.39 is 201 Å². The highest BCUT2D eigenvalue weighted by atomic mass is 127. The quantitative estimate of drug-likeness (QED) is 0.00871. The first kappa shape index (κ1) is 123. The van der Waals surface area contributed by atoms with Gasteiger partial charge in [0.05, 0.1) is 42.4 Å². The number of hydrogen-bond donors (Lipinski definition) is 0. The van der Waals surface area contributed by atoms with Gasteiger partial charge < -0.3 is 77.8 Å². The standard InChI is InChI=1S/C108H204ClIO19Si9/c1-35-130(36-2,37-3)116-78-82-88(124-133(44-10,45-11)46-12)91(126-135(50-16,51-17)52-18)96(129-138(59-25,60-26)61-27)101(117-82)121-94-90(119-99-95(128-137(56-22,57-23)58-24)89(125-134(47-13,48-14)49-15)83(77-115-99)122-131(38-4,39-5)40-6)92(127-136(53-19,54-20)55-21)93(98(112)114-76-80-65-63-62-64-66-80)120-100(94)118-86-70-71-104(31)84(105(86,32)79-111)69-72-106(33)85(104)68-67-81-97(110)108(102(109)113,74-73-103(28,29)30)87(75-107(81,106)34)123-132(41-7,42-8)43-9/h62-67,79,82-97,99-101H,35-61,68-78H2,1-34H3/t82?,83-,84?,85?,86+,87+,88+,89?,90?,91?,92+,93?,94?,95?,96?,97?,99+,100-,101+,104?,105?,106?,107?,108+/m1/s1. The highest BCUT2D eigenvalue weighted by molar-refractivity contribution is 14.1. The largest absolute Gasteiger partial charge is 0.459 e. The van der Waals surface area contributed by atoms with Gasteiger partial charge in [-0.2, -0.15) is 0 Å². The molecule has 19 nitrogen and oxygen atoms in total. The summed E-state index contributed by atoms with van der Waals surface area (Å²) in [4.78, 5) is 47.9. The van der Waals surface area contributed by atoms with Crippen molar-refractivity contribution < 1.29 is 87.4 Å². The molecule has 8 rings (SSSR count). The first-order valence-corrected chi connectivity index (χ1v) is 80.9. The number of aldehydes is 1. The van der Waals surface area contributed by atoms with Crippen LogP contribution in [0.4, 0.5) is 0 Å². The number of alkyl halides is 1. The number of carbonyl (C=O) groups excluding carboxylic acids is 3. The zero-order valence-electron chi connectivity index (χ0n) is 93.9. The van der Waals surface area contributed by atoms with Gasteiger partial charge in [-0.05, 0) is 265 Å². The topological polar surface area (TPSA) is 199 Å². The molecule has 15 unspecified atom stereocenters. The molecular formula is C108H204ClIO19Si9. The van der Waals surface area contributed by atoms with Crippen molar-refractivity contribution in [2.24, 2.45) is 44.3 Å². The molecule has 6 fully saturated rings. The minimum atomic E-state index is -2.99. The van der Waals surface area contributed by atoms with Crippen molar-refractivity contribution in [3.63, 3.8) is 0 Å². The summed E-state index contributed by atoms with van der Waals surface area (Å²) in [5.41, 5.74) is -1.17. The minimum absolute atomic E-state index is 0.0518. The second-order valence-electron chi connectivity index (χ2n) is 45.6. The highest BCUT2D eigenvalue weighted by Gasteiger charge is 2.73. The number of halogens is 2. The van der Waals surface area contributed by atoms with Gasteiger partial charge in [-0.1, -0.05) is 300 Å². The lowest BCUT2D eigenvalue weighted by Gasteiger charge is -2.71. The molecule has 1 aromatic rings. The molecule has 3 saturated carbocycles. The van der Waals surface area contributed by atoms with Crippen molar-refractivity contribution in [1.29, 1.82) is 0 Å². The SMILES string of the molecule is CC[Si](CC)(CC)OCC1O[C@@H](OC2C(O[C@@H]3OC[C@@H](O[Si](CC)(CC)CC)C(O[Si](CC)(CC)CC)C3O[Si](CC)(CC)CC)[C@H](O[Si](CC)(CC)CC)C(C(=O)OCc3ccccc3)O[C@H]2O[C@H]2CCC3(C)C(CCC4(C)C3CC=C3C(I)[C@@](CCC(C)(C)C)(C(=O)Cl)[C@@H](O[Si](CC)(CC)CC)CC34C)C2(C)C=O)C(O[Si](CC)(CC)CC)C(O[Si](CC)(CC)CC)[C@H]1O[Si](CC)(CC)CC. The summed E-state index contributed by atoms with van der Waals surface area (Å²) in [6, 6.07) is 33.3. The van der Waals surface area contributed by atoms with Gasteiger partial charge in [0, 0.05) is 3.92 Å². The van der Waals surface area contributed by atoms with Crippen LogP contribution in [0.1, 0.15) is 292 Å². The Morgan fingerprint density at radius 2 is 0.855 bits per heavy atom. The van der Waals surface area contributed by atoms with E-state index in [1.54, 1.807) is 0 Å². The van der Waals surface area contributed by atoms with Crippen molar-refractivity contribution in [3.05, 3.63) is 47.5 Å². The molecule has 3 saturated heterocycles. The zero-order valence-corrected chi connectivity index (χ0v) is 106. The zero-order chi connectivity index (χ0) is 103. The van der Waals surface area contributed by atoms with Gasteiger partial charge in [0.15, 0.2) is 99.8 Å². The third-order valence-electron chi connectivity index (χ3n) is 39.8. The van der Waals surface area contributed by atoms with Gasteiger partial charge in [-0.25, -0.2) is 4.79 Å². The lowest BCUT2D eigenvalue weighted by molar-refractivity contribution is -0.387. The average molecular weight is 2220 g/mol. The monoisotopic (exact) mass is 2220 g/mol. The van der Waals surface area contributed by atoms with E-state index in [-0.39, 0.29) is 51.7 Å². The molecule has 4 aliphatic carbocycles. The lowest BCUT2D eigenvalue weighted by Crippen LogP contribution is -2.72. The Morgan fingerprint density at radius 3 is 1.30 bits per heavy atom. The van der Waals surface area contributed by atoms with Crippen molar-refractivity contribution >= 4 is 127 Å². The van der Waals surface area contributed by atoms with Gasteiger partial charge in [0.2, 0.25) is 5.24 Å². The van der Waals surface area contributed by atoms with Gasteiger partial charge in [-0.3, -0.25) is 4.79 Å². The molecule has 0 aromatic heterocycles. The second kappa shape index (κ2) is 52.5. The van der Waals surface area contributed by atoms with Gasteiger partial charge in [-0.15, -0.1) is 0 Å². The highest BCUT2D eigenvalue weighted by Crippen LogP contribution is 2.75. The number of ether oxygens (including phenoxy) is 7. The van der Waals surface area contributed by atoms with Gasteiger partial charge in [0.1, 0.15) is 67.8 Å². The van der Waals surface area contributed by atoms with Crippen LogP contribution < -0.4 is 0 Å². The Balaban J connectivity index is 1.52. The summed E-state index contributed by atoms with van der Waals surface area (Å²) in [6.45, 7) is 78.8. The molecule has 0 N–H and O–H groups in total. The first-order chi connectivity index (χ1) is 65.4. The Labute approximate surface area is 870 Å². The maximum atomic E-state index is 16.9. The summed E-state index contributed by atoms with van der Waals surface area (Å²) in [5.74, 6) is -0.746. The summed E-state index contributed by atoms with van der Waals surface area (Å²) >= 11 is 9.98. The van der Waals surface area contributed by atoms with Crippen LogP contribution in [-0.2, 0) is 94.0 Å². The van der Waals surface area contributed by atoms with Crippen LogP contribution in [0.25, 0.3) is 0 Å². The molecule has 7 aliphatic rings. The molecule has 3 aliphatic heterocycles. The Morgan fingerprint density at radius 1 is 0.449 bits per heavy atom. The fourth-order valence-corrected chi connectivity index (χ4v) is 54.8. The van der Waals surface area contributed by atoms with Crippen molar-refractivity contribution in [1.82, 2.24) is 0 Å². The number of rotatable bonds is 59. The van der Waals surface area contributed by atoms with E-state index in [2.05, 4.69) is 264 Å². The molecule has 0 amide bonds. The Kier molecular flexibility index (Phi) is 46.9. The lowest BCUT2D eigenvalue weighted by atomic mass is 9.35. The van der Waals surface area contributed by atoms with E-state index in [4.69, 9.17) is 84.6 Å². The molecule has 0 spiro atoms. The van der Waals surface area contributed by atoms with Gasteiger partial charge >= 0.3 is 5.97 Å². The second-order valence-corrected chi connectivity index (χ2v) is 89.8. The molecule has 3 heterocycles. The predicted octanol–water partition coefficient (Wildman–Crippen LogP) is 30.0. The van der Waals surface area contributed by atoms with Crippen molar-refractivity contribution in [2.45, 2.75) is 559 Å². The summed E-state index contributed by atoms with van der Waals surface area (Å²) in [7, 11) is -23.7. The van der Waals surface area contributed by atoms with E-state index in [1.807, 2.05) is 30.3 Å². The van der Waals surface area contributed by atoms with Crippen LogP contribution in [0.5, 0.6) is 0 Å². The molecule has 1 aromatic carbocycles. The molecule has 800 valence electrons. The Hall–Kier alpha value is 0.142. The Bertz CT molecular complexity index is 3810. The number of fused-ring (bicyclic) bond motifs is 5. The van der Waals surface area contributed by atoms with E-state index in [9.17, 15) is 0 Å². The smallest absolute Gasteiger partial charge is 0.338 e. The number of carbonyl (C=O) groups is 3. The van der Waals surface area contributed by atoms with Crippen LogP contribution in [-0.4, -0.2) is 208 Å². The maximum absolute atomic E-state index is 16.9. The third-order valence-corrected chi connectivity index (χ3v) is 83.8. The van der Waals surface area contributed by atoms with Crippen LogP contribution in [0.3, 0.4) is 0 Å². The van der Waals surface area contributed by atoms with E-state index in [0.29, 0.717) is 43.8 Å². The van der Waals surface area contributed by atoms with Crippen molar-refractivity contribution in [3.8, 4) is 0 Å². The number of allylic oxidation sites excluding steroid dienone is 2.